The summed E-state index contributed by atoms with van der Waals surface area (Å²) in [4.78, 5) is 12.1. The number of aryl methyl sites for hydroxylation is 2. The van der Waals surface area contributed by atoms with E-state index in [2.05, 4.69) is 15.4 Å². The van der Waals surface area contributed by atoms with Gasteiger partial charge < -0.3 is 15.4 Å². The van der Waals surface area contributed by atoms with Gasteiger partial charge in [0.2, 0.25) is 10.0 Å². The average Bonchev–Trinajstić information content (AvgIpc) is 2.61. The number of urea groups is 1. The molecule has 2 amide bonds. The van der Waals surface area contributed by atoms with Gasteiger partial charge in [-0.15, -0.1) is 0 Å². The number of anilines is 1. The Morgan fingerprint density at radius 1 is 1.04 bits per heavy atom. The van der Waals surface area contributed by atoms with Crippen LogP contribution in [0.5, 0.6) is 5.75 Å². The smallest absolute Gasteiger partial charge is 0.319 e. The molecular weight excluding hydrogens is 354 g/mol. The normalized spacial score (nSPS) is 11.0. The lowest BCUT2D eigenvalue weighted by molar-refractivity contribution is 0.252. The second-order valence-electron chi connectivity index (χ2n) is 5.78. The number of amides is 2. The molecule has 0 saturated heterocycles. The molecule has 2 aromatic rings. The number of hydrogen-bond donors (Lipinski definition) is 3. The number of ether oxygens (including phenoxy) is 1. The molecule has 140 valence electrons. The minimum atomic E-state index is -3.61. The number of carbonyl (C=O) groups excluding carboxylic acids is 1. The van der Waals surface area contributed by atoms with Crippen molar-refractivity contribution < 1.29 is 17.9 Å². The van der Waals surface area contributed by atoms with E-state index in [-0.39, 0.29) is 18.0 Å². The SMILES string of the molecule is COc1ccc(NC(=O)NCCNS(=O)(=O)c2cc(C)ccc2C)cc1. The van der Waals surface area contributed by atoms with Gasteiger partial charge in [-0.2, -0.15) is 0 Å². The lowest BCUT2D eigenvalue weighted by atomic mass is 10.2. The van der Waals surface area contributed by atoms with Crippen LogP contribution in [0.15, 0.2) is 47.4 Å². The van der Waals surface area contributed by atoms with Gasteiger partial charge in [-0.25, -0.2) is 17.9 Å². The van der Waals surface area contributed by atoms with Crippen molar-refractivity contribution in [2.75, 3.05) is 25.5 Å². The standard InChI is InChI=1S/C18H23N3O4S/c1-13-4-5-14(2)17(12-13)26(23,24)20-11-10-19-18(22)21-15-6-8-16(25-3)9-7-15/h4-9,12,20H,10-11H2,1-3H3,(H2,19,21,22). The molecule has 0 aliphatic heterocycles. The summed E-state index contributed by atoms with van der Waals surface area (Å²) in [6.07, 6.45) is 0. The van der Waals surface area contributed by atoms with Crippen LogP contribution in [-0.2, 0) is 10.0 Å². The van der Waals surface area contributed by atoms with E-state index in [0.717, 1.165) is 5.56 Å². The summed E-state index contributed by atoms with van der Waals surface area (Å²) in [5.41, 5.74) is 2.15. The van der Waals surface area contributed by atoms with Crippen molar-refractivity contribution in [3.05, 3.63) is 53.6 Å². The third-order valence-corrected chi connectivity index (χ3v) is 5.29. The minimum absolute atomic E-state index is 0.0890. The second kappa shape index (κ2) is 8.68. The first-order valence-electron chi connectivity index (χ1n) is 8.07. The summed E-state index contributed by atoms with van der Waals surface area (Å²) in [5, 5.41) is 5.26. The number of carbonyl (C=O) groups is 1. The van der Waals surface area contributed by atoms with Gasteiger partial charge in [-0.1, -0.05) is 12.1 Å². The highest BCUT2D eigenvalue weighted by molar-refractivity contribution is 7.89. The molecule has 2 aromatic carbocycles. The Morgan fingerprint density at radius 3 is 2.38 bits per heavy atom. The molecule has 0 saturated carbocycles. The largest absolute Gasteiger partial charge is 0.497 e. The van der Waals surface area contributed by atoms with Crippen molar-refractivity contribution in [3.8, 4) is 5.75 Å². The summed E-state index contributed by atoms with van der Waals surface area (Å²) >= 11 is 0. The van der Waals surface area contributed by atoms with Crippen LogP contribution < -0.4 is 20.1 Å². The van der Waals surface area contributed by atoms with Gasteiger partial charge in [-0.05, 0) is 55.3 Å². The van der Waals surface area contributed by atoms with Crippen LogP contribution in [-0.4, -0.2) is 34.6 Å². The van der Waals surface area contributed by atoms with Crippen LogP contribution >= 0.6 is 0 Å². The maximum absolute atomic E-state index is 12.4. The van der Waals surface area contributed by atoms with Gasteiger partial charge in [0.1, 0.15) is 5.75 Å². The molecule has 0 heterocycles. The monoisotopic (exact) mass is 377 g/mol. The van der Waals surface area contributed by atoms with Crippen LogP contribution in [0, 0.1) is 13.8 Å². The van der Waals surface area contributed by atoms with Gasteiger partial charge >= 0.3 is 6.03 Å². The third kappa shape index (κ3) is 5.47. The molecule has 0 aliphatic carbocycles. The zero-order chi connectivity index (χ0) is 19.2. The quantitative estimate of drug-likeness (QED) is 0.646. The maximum Gasteiger partial charge on any atom is 0.319 e. The van der Waals surface area contributed by atoms with Crippen molar-refractivity contribution in [2.45, 2.75) is 18.7 Å². The summed E-state index contributed by atoms with van der Waals surface area (Å²) in [5.74, 6) is 0.691. The predicted octanol–water partition coefficient (Wildman–Crippen LogP) is 2.41. The Morgan fingerprint density at radius 2 is 1.73 bits per heavy atom. The fraction of sp³-hybridized carbons (Fsp3) is 0.278. The third-order valence-electron chi connectivity index (χ3n) is 3.68. The first-order chi connectivity index (χ1) is 12.3. The maximum atomic E-state index is 12.4. The van der Waals surface area contributed by atoms with Crippen molar-refractivity contribution in [2.24, 2.45) is 0 Å². The van der Waals surface area contributed by atoms with Crippen LogP contribution in [0.25, 0.3) is 0 Å². The van der Waals surface area contributed by atoms with Crippen molar-refractivity contribution in [3.63, 3.8) is 0 Å². The Labute approximate surface area is 153 Å². The average molecular weight is 377 g/mol. The van der Waals surface area contributed by atoms with E-state index in [1.165, 1.54) is 0 Å². The topological polar surface area (TPSA) is 96.5 Å². The van der Waals surface area contributed by atoms with Crippen molar-refractivity contribution in [1.29, 1.82) is 0 Å². The highest BCUT2D eigenvalue weighted by Gasteiger charge is 2.16. The number of nitrogens with one attached hydrogen (secondary N) is 3. The van der Waals surface area contributed by atoms with E-state index in [1.807, 2.05) is 13.0 Å². The number of hydrogen-bond acceptors (Lipinski definition) is 4. The first-order valence-corrected chi connectivity index (χ1v) is 9.56. The van der Waals surface area contributed by atoms with E-state index in [9.17, 15) is 13.2 Å². The second-order valence-corrected chi connectivity index (χ2v) is 7.51. The van der Waals surface area contributed by atoms with Crippen LogP contribution in [0.1, 0.15) is 11.1 Å². The molecule has 2 rings (SSSR count). The lowest BCUT2D eigenvalue weighted by Crippen LogP contribution is -2.37. The molecule has 3 N–H and O–H groups in total. The van der Waals surface area contributed by atoms with Crippen LogP contribution in [0.4, 0.5) is 10.5 Å². The molecular formula is C18H23N3O4S. The predicted molar refractivity (Wildman–Crippen MR) is 101 cm³/mol. The molecule has 0 fully saturated rings. The molecule has 8 heteroatoms. The van der Waals surface area contributed by atoms with E-state index in [1.54, 1.807) is 50.4 Å². The number of methoxy groups -OCH3 is 1. The Kier molecular flexibility index (Phi) is 6.59. The zero-order valence-corrected chi connectivity index (χ0v) is 15.8. The zero-order valence-electron chi connectivity index (χ0n) is 15.0. The summed E-state index contributed by atoms with van der Waals surface area (Å²) in [6.45, 7) is 3.83. The van der Waals surface area contributed by atoms with Gasteiger partial charge in [0, 0.05) is 18.8 Å². The Balaban J connectivity index is 1.81. The molecule has 7 nitrogen and oxygen atoms in total. The van der Waals surface area contributed by atoms with Crippen LogP contribution in [0.3, 0.4) is 0 Å². The van der Waals surface area contributed by atoms with Gasteiger partial charge in [0.25, 0.3) is 0 Å². The van der Waals surface area contributed by atoms with Gasteiger partial charge in [0.15, 0.2) is 0 Å². The molecule has 0 aromatic heterocycles. The molecule has 0 aliphatic rings. The van der Waals surface area contributed by atoms with E-state index < -0.39 is 16.1 Å². The highest BCUT2D eigenvalue weighted by Crippen LogP contribution is 2.16. The number of rotatable bonds is 7. The fourth-order valence-electron chi connectivity index (χ4n) is 2.29. The Bertz CT molecular complexity index is 865. The molecule has 0 bridgehead atoms. The Hall–Kier alpha value is -2.58. The molecule has 0 unspecified atom stereocenters. The number of benzene rings is 2. The fourth-order valence-corrected chi connectivity index (χ4v) is 3.64. The summed E-state index contributed by atoms with van der Waals surface area (Å²) in [6, 6.07) is 11.7. The van der Waals surface area contributed by atoms with Crippen molar-refractivity contribution >= 4 is 21.7 Å². The summed E-state index contributed by atoms with van der Waals surface area (Å²) in [7, 11) is -2.05. The summed E-state index contributed by atoms with van der Waals surface area (Å²) < 4.78 is 32.2. The molecule has 0 spiro atoms. The van der Waals surface area contributed by atoms with Gasteiger partial charge in [-0.3, -0.25) is 0 Å². The highest BCUT2D eigenvalue weighted by atomic mass is 32.2. The molecule has 0 atom stereocenters. The number of sulfonamides is 1. The first kappa shape index (κ1) is 19.7. The van der Waals surface area contributed by atoms with E-state index in [4.69, 9.17) is 4.74 Å². The van der Waals surface area contributed by atoms with E-state index in [0.29, 0.717) is 17.0 Å². The lowest BCUT2D eigenvalue weighted by Gasteiger charge is -2.11. The minimum Gasteiger partial charge on any atom is -0.497 e. The van der Waals surface area contributed by atoms with Gasteiger partial charge in [0.05, 0.1) is 12.0 Å². The molecule has 0 radical (unpaired) electrons. The van der Waals surface area contributed by atoms with E-state index >= 15 is 0 Å². The van der Waals surface area contributed by atoms with Crippen LogP contribution in [0.2, 0.25) is 0 Å². The molecule has 26 heavy (non-hydrogen) atoms. The van der Waals surface area contributed by atoms with Crippen molar-refractivity contribution in [1.82, 2.24) is 10.0 Å².